The predicted molar refractivity (Wildman–Crippen MR) is 86.3 cm³/mol. The quantitative estimate of drug-likeness (QED) is 0.871. The highest BCUT2D eigenvalue weighted by Gasteiger charge is 2.18. The van der Waals surface area contributed by atoms with Gasteiger partial charge in [-0.2, -0.15) is 5.10 Å². The average Bonchev–Trinajstić information content (AvgIpc) is 2.87. The molecule has 1 fully saturated rings. The molecule has 1 N–H and O–H groups in total. The molecule has 1 aromatic heterocycles. The number of hydrogen-bond donors (Lipinski definition) is 1. The Morgan fingerprint density at radius 3 is 2.77 bits per heavy atom. The van der Waals surface area contributed by atoms with Gasteiger partial charge in [-0.25, -0.2) is 8.42 Å². The van der Waals surface area contributed by atoms with Crippen molar-refractivity contribution in [3.8, 4) is 0 Å². The second kappa shape index (κ2) is 7.09. The van der Waals surface area contributed by atoms with Gasteiger partial charge in [0.25, 0.3) is 0 Å². The molecule has 0 aromatic carbocycles. The van der Waals surface area contributed by atoms with E-state index in [9.17, 15) is 13.2 Å². The molecule has 0 spiro atoms. The van der Waals surface area contributed by atoms with E-state index in [2.05, 4.69) is 17.0 Å². The van der Waals surface area contributed by atoms with Crippen molar-refractivity contribution < 1.29 is 13.2 Å². The largest absolute Gasteiger partial charge is 0.309 e. The van der Waals surface area contributed by atoms with Crippen molar-refractivity contribution in [1.82, 2.24) is 9.78 Å². The number of aryl methyl sites for hydroxylation is 1. The molecule has 1 saturated carbocycles. The van der Waals surface area contributed by atoms with E-state index in [1.54, 1.807) is 0 Å². The van der Waals surface area contributed by atoms with Crippen molar-refractivity contribution in [3.63, 3.8) is 0 Å². The number of nitrogens with zero attached hydrogens (tertiary/aromatic N) is 2. The molecule has 0 radical (unpaired) electrons. The lowest BCUT2D eigenvalue weighted by atomic mass is 9.96. The minimum Gasteiger partial charge on any atom is -0.309 e. The molecular weight excluding hydrogens is 302 g/mol. The van der Waals surface area contributed by atoms with E-state index in [0.717, 1.165) is 23.8 Å². The topological polar surface area (TPSA) is 81.1 Å². The molecule has 2 rings (SSSR count). The number of hydrogen-bond acceptors (Lipinski definition) is 4. The molecule has 6 nitrogen and oxygen atoms in total. The van der Waals surface area contributed by atoms with Crippen molar-refractivity contribution in [2.75, 3.05) is 11.1 Å². The number of nitrogens with one attached hydrogen (secondary N) is 1. The number of aromatic nitrogens is 2. The van der Waals surface area contributed by atoms with Gasteiger partial charge in [0.05, 0.1) is 11.8 Å². The van der Waals surface area contributed by atoms with E-state index in [0.29, 0.717) is 11.9 Å². The molecule has 1 aromatic rings. The zero-order valence-electron chi connectivity index (χ0n) is 12.9. The van der Waals surface area contributed by atoms with E-state index in [1.807, 2.05) is 17.8 Å². The molecule has 7 heteroatoms. The Balaban J connectivity index is 1.96. The number of anilines is 1. The Labute approximate surface area is 131 Å². The van der Waals surface area contributed by atoms with Crippen LogP contribution in [-0.4, -0.2) is 29.9 Å². The Morgan fingerprint density at radius 2 is 2.14 bits per heavy atom. The van der Waals surface area contributed by atoms with Gasteiger partial charge in [0.2, 0.25) is 5.91 Å². The van der Waals surface area contributed by atoms with Crippen LogP contribution >= 0.6 is 0 Å². The third-order valence-electron chi connectivity index (χ3n) is 3.99. The lowest BCUT2D eigenvalue weighted by molar-refractivity contribution is -0.115. The third-order valence-corrected chi connectivity index (χ3v) is 5.27. The molecule has 0 bridgehead atoms. The van der Waals surface area contributed by atoms with Crippen LogP contribution in [0.5, 0.6) is 0 Å². The molecule has 0 aliphatic heterocycles. The lowest BCUT2D eigenvalue weighted by Gasteiger charge is -2.21. The summed E-state index contributed by atoms with van der Waals surface area (Å²) in [6.07, 6.45) is 7.79. The number of amides is 1. The Hall–Kier alpha value is -1.63. The molecular formula is C15H23N3O3S. The van der Waals surface area contributed by atoms with Gasteiger partial charge < -0.3 is 5.32 Å². The highest BCUT2D eigenvalue weighted by molar-refractivity contribution is 7.94. The van der Waals surface area contributed by atoms with Crippen molar-refractivity contribution in [1.29, 1.82) is 0 Å². The summed E-state index contributed by atoms with van der Waals surface area (Å²) in [7, 11) is -3.35. The summed E-state index contributed by atoms with van der Waals surface area (Å²) in [5.41, 5.74) is 0.894. The van der Waals surface area contributed by atoms with Crippen molar-refractivity contribution >= 4 is 21.6 Å². The van der Waals surface area contributed by atoms with Gasteiger partial charge in [-0.15, -0.1) is 0 Å². The molecule has 0 unspecified atom stereocenters. The Bertz CT molecular complexity index is 643. The summed E-state index contributed by atoms with van der Waals surface area (Å²) in [6.45, 7) is 5.12. The molecule has 1 aliphatic carbocycles. The third kappa shape index (κ3) is 4.43. The predicted octanol–water partition coefficient (Wildman–Crippen LogP) is 2.58. The van der Waals surface area contributed by atoms with E-state index in [1.165, 1.54) is 19.3 Å². The Morgan fingerprint density at radius 1 is 1.45 bits per heavy atom. The second-order valence-electron chi connectivity index (χ2n) is 5.76. The number of carbonyl (C=O) groups is 1. The fourth-order valence-corrected chi connectivity index (χ4v) is 3.29. The fraction of sp³-hybridized carbons (Fsp3) is 0.600. The van der Waals surface area contributed by atoms with Gasteiger partial charge in [-0.05, 0) is 19.8 Å². The Kier molecular flexibility index (Phi) is 5.39. The number of carbonyl (C=O) groups excluding carboxylic acids is 1. The lowest BCUT2D eigenvalue weighted by Crippen LogP contribution is -2.18. The molecule has 1 heterocycles. The van der Waals surface area contributed by atoms with Crippen LogP contribution in [0.2, 0.25) is 0 Å². The van der Waals surface area contributed by atoms with Crippen LogP contribution in [0.15, 0.2) is 18.2 Å². The zero-order valence-corrected chi connectivity index (χ0v) is 13.7. The summed E-state index contributed by atoms with van der Waals surface area (Å²) >= 11 is 0. The first-order valence-corrected chi connectivity index (χ1v) is 9.33. The molecule has 0 saturated heterocycles. The second-order valence-corrected chi connectivity index (χ2v) is 7.83. The van der Waals surface area contributed by atoms with Crippen LogP contribution in [0, 0.1) is 6.92 Å². The first-order chi connectivity index (χ1) is 10.4. The minimum absolute atomic E-state index is 0.0932. The summed E-state index contributed by atoms with van der Waals surface area (Å²) in [5, 5.41) is 8.03. The minimum atomic E-state index is -3.35. The highest BCUT2D eigenvalue weighted by Crippen LogP contribution is 2.28. The number of sulfone groups is 1. The summed E-state index contributed by atoms with van der Waals surface area (Å²) in [6, 6.07) is 0.402. The first kappa shape index (κ1) is 16.7. The van der Waals surface area contributed by atoms with Gasteiger partial charge >= 0.3 is 0 Å². The molecule has 22 heavy (non-hydrogen) atoms. The summed E-state index contributed by atoms with van der Waals surface area (Å²) < 4.78 is 24.6. The first-order valence-electron chi connectivity index (χ1n) is 7.62. The molecule has 1 aliphatic rings. The molecule has 1 amide bonds. The summed E-state index contributed by atoms with van der Waals surface area (Å²) in [5.74, 6) is -0.0564. The van der Waals surface area contributed by atoms with E-state index in [-0.39, 0.29) is 18.1 Å². The van der Waals surface area contributed by atoms with Gasteiger partial charge in [0.15, 0.2) is 15.7 Å². The van der Waals surface area contributed by atoms with Crippen molar-refractivity contribution in [2.45, 2.75) is 51.5 Å². The standard InChI is InChI=1S/C15H23N3O3S/c1-3-22(20,21)10-9-14(19)16-15-12(2)11-18(17-15)13-7-5-4-6-8-13/h3,11,13H,1,4-10H2,2H3,(H,16,17,19). The average molecular weight is 325 g/mol. The maximum absolute atomic E-state index is 11.9. The maximum atomic E-state index is 11.9. The smallest absolute Gasteiger partial charge is 0.226 e. The van der Waals surface area contributed by atoms with Gasteiger partial charge in [-0.1, -0.05) is 25.8 Å². The normalized spacial score (nSPS) is 16.4. The number of rotatable bonds is 6. The monoisotopic (exact) mass is 325 g/mol. The van der Waals surface area contributed by atoms with E-state index < -0.39 is 9.84 Å². The maximum Gasteiger partial charge on any atom is 0.226 e. The van der Waals surface area contributed by atoms with E-state index >= 15 is 0 Å². The van der Waals surface area contributed by atoms with Crippen LogP contribution in [0.1, 0.15) is 50.1 Å². The van der Waals surface area contributed by atoms with Crippen LogP contribution < -0.4 is 5.32 Å². The SMILES string of the molecule is C=CS(=O)(=O)CCC(=O)Nc1nn(C2CCCCC2)cc1C. The summed E-state index contributed by atoms with van der Waals surface area (Å²) in [4.78, 5) is 11.9. The van der Waals surface area contributed by atoms with E-state index in [4.69, 9.17) is 0 Å². The van der Waals surface area contributed by atoms with Gasteiger partial charge in [0, 0.05) is 23.6 Å². The van der Waals surface area contributed by atoms with Gasteiger partial charge in [0.1, 0.15) is 0 Å². The van der Waals surface area contributed by atoms with Crippen molar-refractivity contribution in [3.05, 3.63) is 23.7 Å². The van der Waals surface area contributed by atoms with Crippen molar-refractivity contribution in [2.24, 2.45) is 0 Å². The highest BCUT2D eigenvalue weighted by atomic mass is 32.2. The molecule has 0 atom stereocenters. The van der Waals surface area contributed by atoms with Crippen LogP contribution in [0.25, 0.3) is 0 Å². The van der Waals surface area contributed by atoms with Gasteiger partial charge in [-0.3, -0.25) is 9.48 Å². The van der Waals surface area contributed by atoms with Crippen LogP contribution in [-0.2, 0) is 14.6 Å². The zero-order chi connectivity index (χ0) is 16.2. The van der Waals surface area contributed by atoms with Crippen LogP contribution in [0.4, 0.5) is 5.82 Å². The van der Waals surface area contributed by atoms with Crippen LogP contribution in [0.3, 0.4) is 0 Å². The molecule has 122 valence electrons. The fourth-order valence-electron chi connectivity index (χ4n) is 2.65.